The summed E-state index contributed by atoms with van der Waals surface area (Å²) in [5, 5.41) is 14.6. The Hall–Kier alpha value is -2.41. The van der Waals surface area contributed by atoms with E-state index in [1.807, 2.05) is 30.3 Å². The van der Waals surface area contributed by atoms with E-state index in [2.05, 4.69) is 10.6 Å². The second-order valence-electron chi connectivity index (χ2n) is 6.27. The highest BCUT2D eigenvalue weighted by molar-refractivity contribution is 5.81. The van der Waals surface area contributed by atoms with Crippen LogP contribution in [0.4, 0.5) is 0 Å². The number of rotatable bonds is 8. The van der Waals surface area contributed by atoms with Crippen molar-refractivity contribution in [3.63, 3.8) is 0 Å². The van der Waals surface area contributed by atoms with E-state index in [4.69, 9.17) is 9.84 Å². The lowest BCUT2D eigenvalue weighted by Gasteiger charge is -2.36. The van der Waals surface area contributed by atoms with E-state index in [9.17, 15) is 14.4 Å². The second kappa shape index (κ2) is 9.17. The fourth-order valence-corrected chi connectivity index (χ4v) is 2.92. The Morgan fingerprint density at radius 3 is 2.40 bits per heavy atom. The SMILES string of the molecule is O=C(O)CC1(NC(=O)CCNC(=O)Cc2ccccc2)CCOCC1. The van der Waals surface area contributed by atoms with Crippen LogP contribution in [-0.2, 0) is 25.5 Å². The number of aliphatic carboxylic acids is 1. The molecule has 0 spiro atoms. The van der Waals surface area contributed by atoms with Crippen LogP contribution in [0.25, 0.3) is 0 Å². The maximum Gasteiger partial charge on any atom is 0.305 e. The summed E-state index contributed by atoms with van der Waals surface area (Å²) in [4.78, 5) is 35.1. The van der Waals surface area contributed by atoms with Gasteiger partial charge in [0.05, 0.1) is 18.4 Å². The molecule has 7 nitrogen and oxygen atoms in total. The molecule has 0 saturated carbocycles. The number of carboxylic acid groups (broad SMARTS) is 1. The van der Waals surface area contributed by atoms with E-state index in [0.717, 1.165) is 5.56 Å². The monoisotopic (exact) mass is 348 g/mol. The smallest absolute Gasteiger partial charge is 0.305 e. The van der Waals surface area contributed by atoms with E-state index in [-0.39, 0.29) is 37.6 Å². The van der Waals surface area contributed by atoms with Crippen LogP contribution in [0.3, 0.4) is 0 Å². The molecule has 0 atom stereocenters. The largest absolute Gasteiger partial charge is 0.481 e. The minimum absolute atomic E-state index is 0.114. The lowest BCUT2D eigenvalue weighted by molar-refractivity contribution is -0.140. The van der Waals surface area contributed by atoms with Crippen molar-refractivity contribution in [2.75, 3.05) is 19.8 Å². The van der Waals surface area contributed by atoms with Gasteiger partial charge >= 0.3 is 5.97 Å². The highest BCUT2D eigenvalue weighted by Crippen LogP contribution is 2.24. The van der Waals surface area contributed by atoms with E-state index in [1.54, 1.807) is 0 Å². The van der Waals surface area contributed by atoms with Gasteiger partial charge in [0.25, 0.3) is 0 Å². The fourth-order valence-electron chi connectivity index (χ4n) is 2.92. The molecule has 25 heavy (non-hydrogen) atoms. The summed E-state index contributed by atoms with van der Waals surface area (Å²) in [6, 6.07) is 9.35. The number of ether oxygens (including phenoxy) is 1. The van der Waals surface area contributed by atoms with E-state index >= 15 is 0 Å². The Morgan fingerprint density at radius 2 is 1.76 bits per heavy atom. The van der Waals surface area contributed by atoms with Crippen molar-refractivity contribution in [1.82, 2.24) is 10.6 Å². The van der Waals surface area contributed by atoms with Crippen LogP contribution in [0.1, 0.15) is 31.2 Å². The van der Waals surface area contributed by atoms with Crippen molar-refractivity contribution in [3.8, 4) is 0 Å². The first kappa shape index (κ1) is 18.9. The Labute approximate surface area is 146 Å². The molecule has 1 heterocycles. The third-order valence-corrected chi connectivity index (χ3v) is 4.23. The number of hydrogen-bond acceptors (Lipinski definition) is 4. The number of carbonyl (C=O) groups excluding carboxylic acids is 2. The Balaban J connectivity index is 1.75. The molecule has 2 rings (SSSR count). The summed E-state index contributed by atoms with van der Waals surface area (Å²) in [6.45, 7) is 1.08. The summed E-state index contributed by atoms with van der Waals surface area (Å²) in [5.74, 6) is -1.35. The molecule has 1 fully saturated rings. The molecule has 136 valence electrons. The molecule has 2 amide bonds. The molecular formula is C18H24N2O5. The molecule has 1 aliphatic heterocycles. The molecule has 3 N–H and O–H groups in total. The van der Waals surface area contributed by atoms with Crippen molar-refractivity contribution >= 4 is 17.8 Å². The average Bonchev–Trinajstić information content (AvgIpc) is 2.55. The number of carbonyl (C=O) groups is 3. The average molecular weight is 348 g/mol. The molecule has 1 aromatic carbocycles. The summed E-state index contributed by atoms with van der Waals surface area (Å²) in [7, 11) is 0. The Kier molecular flexibility index (Phi) is 6.94. The first-order valence-corrected chi connectivity index (χ1v) is 8.40. The molecular weight excluding hydrogens is 324 g/mol. The summed E-state index contributed by atoms with van der Waals surface area (Å²) < 4.78 is 5.26. The fraction of sp³-hybridized carbons (Fsp3) is 0.500. The maximum absolute atomic E-state index is 12.1. The summed E-state index contributed by atoms with van der Waals surface area (Å²) in [6.07, 6.45) is 1.21. The minimum Gasteiger partial charge on any atom is -0.481 e. The molecule has 1 aliphatic rings. The Morgan fingerprint density at radius 1 is 1.08 bits per heavy atom. The predicted molar refractivity (Wildman–Crippen MR) is 91.0 cm³/mol. The summed E-state index contributed by atoms with van der Waals surface area (Å²) >= 11 is 0. The standard InChI is InChI=1S/C18H24N2O5/c21-15(20-18(13-17(23)24)7-10-25-11-8-18)6-9-19-16(22)12-14-4-2-1-3-5-14/h1-5H,6-13H2,(H,19,22)(H,20,21)(H,23,24). The number of nitrogens with one attached hydrogen (secondary N) is 2. The maximum atomic E-state index is 12.1. The van der Waals surface area contributed by atoms with Gasteiger partial charge in [-0.25, -0.2) is 0 Å². The lowest BCUT2D eigenvalue weighted by Crippen LogP contribution is -2.53. The van der Waals surface area contributed by atoms with E-state index in [0.29, 0.717) is 26.1 Å². The van der Waals surface area contributed by atoms with Crippen LogP contribution in [0.15, 0.2) is 30.3 Å². The number of hydrogen-bond donors (Lipinski definition) is 3. The van der Waals surface area contributed by atoms with Gasteiger partial charge in [0.1, 0.15) is 0 Å². The molecule has 0 radical (unpaired) electrons. The quantitative estimate of drug-likeness (QED) is 0.647. The van der Waals surface area contributed by atoms with Crippen LogP contribution >= 0.6 is 0 Å². The van der Waals surface area contributed by atoms with Gasteiger partial charge < -0.3 is 20.5 Å². The van der Waals surface area contributed by atoms with Crippen molar-refractivity contribution < 1.29 is 24.2 Å². The molecule has 0 aliphatic carbocycles. The number of amides is 2. The van der Waals surface area contributed by atoms with Crippen LogP contribution in [0.2, 0.25) is 0 Å². The van der Waals surface area contributed by atoms with Gasteiger partial charge in [-0.1, -0.05) is 30.3 Å². The first-order chi connectivity index (χ1) is 12.0. The van der Waals surface area contributed by atoms with E-state index in [1.165, 1.54) is 0 Å². The summed E-state index contributed by atoms with van der Waals surface area (Å²) in [5.41, 5.74) is 0.155. The van der Waals surface area contributed by atoms with Gasteiger partial charge in [-0.05, 0) is 18.4 Å². The zero-order chi connectivity index (χ0) is 18.1. The third-order valence-electron chi connectivity index (χ3n) is 4.23. The molecule has 7 heteroatoms. The zero-order valence-corrected chi connectivity index (χ0v) is 14.1. The normalized spacial score (nSPS) is 16.0. The minimum atomic E-state index is -0.946. The molecule has 0 unspecified atom stereocenters. The highest BCUT2D eigenvalue weighted by Gasteiger charge is 2.36. The molecule has 1 saturated heterocycles. The van der Waals surface area contributed by atoms with Gasteiger partial charge in [0.15, 0.2) is 0 Å². The van der Waals surface area contributed by atoms with Gasteiger partial charge in [0.2, 0.25) is 11.8 Å². The van der Waals surface area contributed by atoms with Crippen molar-refractivity contribution in [2.45, 2.75) is 37.6 Å². The van der Waals surface area contributed by atoms with Crippen LogP contribution in [0, 0.1) is 0 Å². The van der Waals surface area contributed by atoms with Gasteiger partial charge in [0, 0.05) is 26.2 Å². The van der Waals surface area contributed by atoms with Crippen molar-refractivity contribution in [1.29, 1.82) is 0 Å². The Bertz CT molecular complexity index is 597. The third kappa shape index (κ3) is 6.54. The number of benzene rings is 1. The molecule has 1 aromatic rings. The first-order valence-electron chi connectivity index (χ1n) is 8.40. The second-order valence-corrected chi connectivity index (χ2v) is 6.27. The highest BCUT2D eigenvalue weighted by atomic mass is 16.5. The van der Waals surface area contributed by atoms with Gasteiger partial charge in [-0.15, -0.1) is 0 Å². The van der Waals surface area contributed by atoms with Gasteiger partial charge in [-0.3, -0.25) is 14.4 Å². The van der Waals surface area contributed by atoms with Gasteiger partial charge in [-0.2, -0.15) is 0 Å². The van der Waals surface area contributed by atoms with Crippen LogP contribution in [0.5, 0.6) is 0 Å². The predicted octanol–water partition coefficient (Wildman–Crippen LogP) is 0.875. The van der Waals surface area contributed by atoms with Crippen molar-refractivity contribution in [3.05, 3.63) is 35.9 Å². The topological polar surface area (TPSA) is 105 Å². The molecule has 0 bridgehead atoms. The lowest BCUT2D eigenvalue weighted by atomic mass is 9.86. The molecule has 0 aromatic heterocycles. The van der Waals surface area contributed by atoms with Crippen LogP contribution < -0.4 is 10.6 Å². The zero-order valence-electron chi connectivity index (χ0n) is 14.1. The van der Waals surface area contributed by atoms with E-state index < -0.39 is 11.5 Å². The van der Waals surface area contributed by atoms with Crippen LogP contribution in [-0.4, -0.2) is 48.2 Å². The number of carboxylic acids is 1. The van der Waals surface area contributed by atoms with Crippen molar-refractivity contribution in [2.24, 2.45) is 0 Å².